The predicted octanol–water partition coefficient (Wildman–Crippen LogP) is -1.02. The van der Waals surface area contributed by atoms with Crippen molar-refractivity contribution in [1.29, 1.82) is 5.26 Å². The summed E-state index contributed by atoms with van der Waals surface area (Å²) in [4.78, 5) is 22.4. The van der Waals surface area contributed by atoms with E-state index >= 15 is 0 Å². The molecule has 0 fully saturated rings. The lowest BCUT2D eigenvalue weighted by Gasteiger charge is -2.04. The molecule has 0 aromatic carbocycles. The average Bonchev–Trinajstić information content (AvgIpc) is 2.64. The van der Waals surface area contributed by atoms with Crippen LogP contribution in [-0.2, 0) is 23.2 Å². The second kappa shape index (κ2) is 5.65. The first kappa shape index (κ1) is 12.7. The zero-order chi connectivity index (χ0) is 12.8. The highest BCUT2D eigenvalue weighted by Crippen LogP contribution is 2.04. The molecule has 0 spiro atoms. The zero-order valence-corrected chi connectivity index (χ0v) is 9.65. The largest absolute Gasteiger partial charge is 0.344 e. The Morgan fingerprint density at radius 3 is 2.65 bits per heavy atom. The van der Waals surface area contributed by atoms with Gasteiger partial charge in [-0.25, -0.2) is 0 Å². The highest BCUT2D eigenvalue weighted by atomic mass is 16.2. The highest BCUT2D eigenvalue weighted by Gasteiger charge is 2.13. The van der Waals surface area contributed by atoms with Gasteiger partial charge in [0.05, 0.1) is 12.3 Å². The molecule has 1 aromatic rings. The molecule has 0 saturated heterocycles. The standard InChI is InChI=1S/C10H13N5O2/c1-7-8(6-14-15(7)2)5-13-10(17)9(16)12-4-3-11/h6H,4-5H2,1-2H3,(H,12,16)(H,13,17). The van der Waals surface area contributed by atoms with Crippen molar-refractivity contribution in [2.24, 2.45) is 7.05 Å². The van der Waals surface area contributed by atoms with E-state index in [-0.39, 0.29) is 13.1 Å². The maximum atomic E-state index is 11.3. The van der Waals surface area contributed by atoms with Crippen molar-refractivity contribution in [3.8, 4) is 6.07 Å². The van der Waals surface area contributed by atoms with Crippen LogP contribution < -0.4 is 10.6 Å². The molecule has 1 aromatic heterocycles. The van der Waals surface area contributed by atoms with Crippen molar-refractivity contribution >= 4 is 11.8 Å². The number of carbonyl (C=O) groups excluding carboxylic acids is 2. The smallest absolute Gasteiger partial charge is 0.310 e. The van der Waals surface area contributed by atoms with Crippen LogP contribution in [0.25, 0.3) is 0 Å². The number of nitrogens with one attached hydrogen (secondary N) is 2. The molecular weight excluding hydrogens is 222 g/mol. The van der Waals surface area contributed by atoms with E-state index in [9.17, 15) is 9.59 Å². The Morgan fingerprint density at radius 2 is 2.12 bits per heavy atom. The molecule has 2 amide bonds. The van der Waals surface area contributed by atoms with E-state index in [4.69, 9.17) is 5.26 Å². The van der Waals surface area contributed by atoms with Gasteiger partial charge in [-0.15, -0.1) is 0 Å². The van der Waals surface area contributed by atoms with Crippen molar-refractivity contribution in [2.45, 2.75) is 13.5 Å². The molecule has 2 N–H and O–H groups in total. The van der Waals surface area contributed by atoms with E-state index < -0.39 is 11.8 Å². The number of aryl methyl sites for hydroxylation is 1. The third-order valence-corrected chi connectivity index (χ3v) is 2.31. The third kappa shape index (κ3) is 3.31. The fourth-order valence-electron chi connectivity index (χ4n) is 1.17. The van der Waals surface area contributed by atoms with Crippen LogP contribution in [0.4, 0.5) is 0 Å². The molecule has 0 radical (unpaired) electrons. The fourth-order valence-corrected chi connectivity index (χ4v) is 1.17. The molecule has 90 valence electrons. The van der Waals surface area contributed by atoms with Gasteiger partial charge >= 0.3 is 11.8 Å². The number of amides is 2. The Hall–Kier alpha value is -2.36. The molecule has 0 aliphatic carbocycles. The van der Waals surface area contributed by atoms with Gasteiger partial charge in [0.2, 0.25) is 0 Å². The predicted molar refractivity (Wildman–Crippen MR) is 58.4 cm³/mol. The molecule has 1 rings (SSSR count). The van der Waals surface area contributed by atoms with Crippen LogP contribution in [0, 0.1) is 18.3 Å². The topological polar surface area (TPSA) is 99.8 Å². The molecule has 0 bridgehead atoms. The Bertz CT molecular complexity index is 472. The van der Waals surface area contributed by atoms with Crippen molar-refractivity contribution < 1.29 is 9.59 Å². The van der Waals surface area contributed by atoms with Gasteiger partial charge in [0.25, 0.3) is 0 Å². The van der Waals surface area contributed by atoms with Crippen LogP contribution in [-0.4, -0.2) is 28.1 Å². The average molecular weight is 235 g/mol. The van der Waals surface area contributed by atoms with E-state index in [0.717, 1.165) is 11.3 Å². The zero-order valence-electron chi connectivity index (χ0n) is 9.65. The van der Waals surface area contributed by atoms with Crippen molar-refractivity contribution in [3.63, 3.8) is 0 Å². The minimum atomic E-state index is -0.812. The fraction of sp³-hybridized carbons (Fsp3) is 0.400. The number of nitriles is 1. The normalized spacial score (nSPS) is 9.47. The lowest BCUT2D eigenvalue weighted by molar-refractivity contribution is -0.139. The van der Waals surface area contributed by atoms with Crippen LogP contribution in [0.2, 0.25) is 0 Å². The van der Waals surface area contributed by atoms with E-state index in [2.05, 4.69) is 15.7 Å². The van der Waals surface area contributed by atoms with Gasteiger partial charge < -0.3 is 10.6 Å². The van der Waals surface area contributed by atoms with Crippen LogP contribution in [0.15, 0.2) is 6.20 Å². The summed E-state index contributed by atoms with van der Waals surface area (Å²) in [5.74, 6) is -1.57. The molecule has 0 saturated carbocycles. The summed E-state index contributed by atoms with van der Waals surface area (Å²) in [7, 11) is 1.79. The third-order valence-electron chi connectivity index (χ3n) is 2.31. The SMILES string of the molecule is Cc1c(CNC(=O)C(=O)NCC#N)cnn1C. The molecule has 0 unspecified atom stereocenters. The molecule has 0 aliphatic rings. The summed E-state index contributed by atoms with van der Waals surface area (Å²) in [5, 5.41) is 16.9. The Labute approximate surface area is 98.4 Å². The number of carbonyl (C=O) groups is 2. The lowest BCUT2D eigenvalue weighted by atomic mass is 10.2. The van der Waals surface area contributed by atoms with Gasteiger partial charge in [0.1, 0.15) is 6.54 Å². The van der Waals surface area contributed by atoms with E-state index in [1.165, 1.54) is 0 Å². The molecule has 17 heavy (non-hydrogen) atoms. The molecular formula is C10H13N5O2. The van der Waals surface area contributed by atoms with Gasteiger partial charge in [0, 0.05) is 24.8 Å². The van der Waals surface area contributed by atoms with Gasteiger partial charge in [-0.1, -0.05) is 0 Å². The summed E-state index contributed by atoms with van der Waals surface area (Å²) >= 11 is 0. The van der Waals surface area contributed by atoms with Crippen molar-refractivity contribution in [1.82, 2.24) is 20.4 Å². The van der Waals surface area contributed by atoms with E-state index in [1.54, 1.807) is 24.0 Å². The lowest BCUT2D eigenvalue weighted by Crippen LogP contribution is -2.39. The monoisotopic (exact) mass is 235 g/mol. The maximum Gasteiger partial charge on any atom is 0.310 e. The Kier molecular flexibility index (Phi) is 4.22. The number of hydrogen-bond donors (Lipinski definition) is 2. The van der Waals surface area contributed by atoms with E-state index in [0.29, 0.717) is 0 Å². The van der Waals surface area contributed by atoms with Gasteiger partial charge in [-0.2, -0.15) is 10.4 Å². The number of rotatable bonds is 3. The number of nitrogens with zero attached hydrogens (tertiary/aromatic N) is 3. The Balaban J connectivity index is 2.46. The summed E-state index contributed by atoms with van der Waals surface area (Å²) in [6.45, 7) is 1.92. The van der Waals surface area contributed by atoms with Gasteiger partial charge in [0.15, 0.2) is 0 Å². The summed E-state index contributed by atoms with van der Waals surface area (Å²) in [6.07, 6.45) is 1.63. The molecule has 1 heterocycles. The van der Waals surface area contributed by atoms with Crippen LogP contribution in [0.3, 0.4) is 0 Å². The van der Waals surface area contributed by atoms with Crippen LogP contribution in [0.5, 0.6) is 0 Å². The first-order valence-electron chi connectivity index (χ1n) is 4.96. The molecule has 7 nitrogen and oxygen atoms in total. The second-order valence-corrected chi connectivity index (χ2v) is 3.40. The molecule has 0 aliphatic heterocycles. The molecule has 0 atom stereocenters. The highest BCUT2D eigenvalue weighted by molar-refractivity contribution is 6.35. The van der Waals surface area contributed by atoms with Gasteiger partial charge in [-0.3, -0.25) is 14.3 Å². The van der Waals surface area contributed by atoms with Crippen molar-refractivity contribution in [2.75, 3.05) is 6.54 Å². The van der Waals surface area contributed by atoms with Crippen LogP contribution >= 0.6 is 0 Å². The number of hydrogen-bond acceptors (Lipinski definition) is 4. The first-order valence-corrected chi connectivity index (χ1v) is 4.96. The Morgan fingerprint density at radius 1 is 1.47 bits per heavy atom. The first-order chi connectivity index (χ1) is 8.06. The molecule has 7 heteroatoms. The van der Waals surface area contributed by atoms with Crippen LogP contribution in [0.1, 0.15) is 11.3 Å². The summed E-state index contributed by atoms with van der Waals surface area (Å²) < 4.78 is 1.68. The van der Waals surface area contributed by atoms with E-state index in [1.807, 2.05) is 6.92 Å². The maximum absolute atomic E-state index is 11.3. The summed E-state index contributed by atoms with van der Waals surface area (Å²) in [5.41, 5.74) is 1.76. The minimum absolute atomic E-state index is 0.182. The second-order valence-electron chi connectivity index (χ2n) is 3.40. The quantitative estimate of drug-likeness (QED) is 0.517. The van der Waals surface area contributed by atoms with Crippen molar-refractivity contribution in [3.05, 3.63) is 17.5 Å². The minimum Gasteiger partial charge on any atom is -0.344 e. The number of aromatic nitrogens is 2. The van der Waals surface area contributed by atoms with Gasteiger partial charge in [-0.05, 0) is 6.92 Å². The summed E-state index contributed by atoms with van der Waals surface area (Å²) in [6, 6.07) is 1.71.